The quantitative estimate of drug-likeness (QED) is 0.172. The van der Waals surface area contributed by atoms with Crippen LogP contribution in [0.4, 0.5) is 17.1 Å². The minimum atomic E-state index is -3.69. The maximum absolute atomic E-state index is 7.78. The summed E-state index contributed by atoms with van der Waals surface area (Å²) < 4.78 is 7.99. The van der Waals surface area contributed by atoms with Gasteiger partial charge in [-0.1, -0.05) is 0 Å². The van der Waals surface area contributed by atoms with Gasteiger partial charge >= 0.3 is 293 Å². The first-order chi connectivity index (χ1) is 21.7. The molecule has 4 aromatic carbocycles. The van der Waals surface area contributed by atoms with Crippen molar-refractivity contribution in [3.8, 4) is 5.75 Å². The summed E-state index contributed by atoms with van der Waals surface area (Å²) in [6.07, 6.45) is 0.0711. The van der Waals surface area contributed by atoms with E-state index in [4.69, 9.17) is 35.7 Å². The van der Waals surface area contributed by atoms with Crippen LogP contribution < -0.4 is 19.9 Å². The number of ether oxygens (including phenoxy) is 1. The van der Waals surface area contributed by atoms with Crippen molar-refractivity contribution in [3.05, 3.63) is 116 Å². The van der Waals surface area contributed by atoms with Crippen molar-refractivity contribution in [3.63, 3.8) is 0 Å². The SMILES string of the molecule is Cc1cc(C)c(N2CCN(c3c(C)cc(C)cc3C)[CH]2[Ru]([Cl])([Cl])=[CH]c2cc(Cl)ccc2CNc2ccccc2OC(C)C)c(C)c1. The molecule has 247 valence electrons. The van der Waals surface area contributed by atoms with Gasteiger partial charge in [-0.3, -0.25) is 0 Å². The molecule has 4 aromatic rings. The standard InChI is InChI=1S/C21H27N2.C17H18ClNO.2ClH.Ru/c1-14-9-16(3)20(17(4)10-14)22-7-8-23(13-22)21-18(5)11-15(2)12-19(21)6;1-12(2)20-17-7-5-4-6-16(17)19-11-14-8-9-15(18)10-13(14)3;;;/h9-13H,7-8H2,1-6H3;3-10,12,19H,11H2,1-2H3;2*1H;/q;;;;+2/p-2. The Balaban J connectivity index is 1.61. The molecule has 1 aliphatic heterocycles. The normalized spacial score (nSPS) is 14.3. The van der Waals surface area contributed by atoms with Gasteiger partial charge in [-0.15, -0.1) is 0 Å². The molecule has 0 amide bonds. The van der Waals surface area contributed by atoms with Crippen molar-refractivity contribution in [2.75, 3.05) is 28.2 Å². The van der Waals surface area contributed by atoms with Gasteiger partial charge in [0, 0.05) is 0 Å². The van der Waals surface area contributed by atoms with Gasteiger partial charge in [-0.2, -0.15) is 0 Å². The molecular formula is C38H45Cl3N3ORu. The summed E-state index contributed by atoms with van der Waals surface area (Å²) in [5.41, 5.74) is 12.8. The number of para-hydroxylation sites is 2. The van der Waals surface area contributed by atoms with E-state index in [1.165, 1.54) is 44.8 Å². The first-order valence-corrected chi connectivity index (χ1v) is 22.5. The van der Waals surface area contributed by atoms with Gasteiger partial charge in [-0.25, -0.2) is 0 Å². The fourth-order valence-corrected chi connectivity index (χ4v) is 13.7. The van der Waals surface area contributed by atoms with Crippen LogP contribution in [0.15, 0.2) is 66.7 Å². The fraction of sp³-hybridized carbons (Fsp3) is 0.342. The number of hydrogen-bond donors (Lipinski definition) is 1. The molecule has 0 spiro atoms. The molecule has 1 N–H and O–H groups in total. The molecule has 0 unspecified atom stereocenters. The van der Waals surface area contributed by atoms with E-state index in [0.717, 1.165) is 35.7 Å². The van der Waals surface area contributed by atoms with Crippen LogP contribution in [0.1, 0.15) is 58.4 Å². The Morgan fingerprint density at radius 3 is 1.85 bits per heavy atom. The Kier molecular flexibility index (Phi) is 10.8. The Labute approximate surface area is 291 Å². The Hall–Kier alpha value is -2.56. The van der Waals surface area contributed by atoms with Gasteiger partial charge < -0.3 is 0 Å². The van der Waals surface area contributed by atoms with Gasteiger partial charge in [0.15, 0.2) is 0 Å². The van der Waals surface area contributed by atoms with Crippen molar-refractivity contribution < 1.29 is 17.1 Å². The van der Waals surface area contributed by atoms with Crippen LogP contribution in [0, 0.1) is 41.5 Å². The van der Waals surface area contributed by atoms with Crippen molar-refractivity contribution >= 4 is 52.7 Å². The molecule has 8 heteroatoms. The number of nitrogens with one attached hydrogen (secondary N) is 1. The predicted octanol–water partition coefficient (Wildman–Crippen LogP) is 10.5. The van der Waals surface area contributed by atoms with Gasteiger partial charge in [0.1, 0.15) is 0 Å². The summed E-state index contributed by atoms with van der Waals surface area (Å²) in [6.45, 7) is 19.4. The topological polar surface area (TPSA) is 27.7 Å². The fourth-order valence-electron chi connectivity index (χ4n) is 6.75. The van der Waals surface area contributed by atoms with Gasteiger partial charge in [0.25, 0.3) is 0 Å². The summed E-state index contributed by atoms with van der Waals surface area (Å²) >= 11 is 2.93. The van der Waals surface area contributed by atoms with E-state index in [9.17, 15) is 0 Å². The van der Waals surface area contributed by atoms with E-state index < -0.39 is 12.3 Å². The molecule has 5 rings (SSSR count). The molecule has 0 aliphatic carbocycles. The van der Waals surface area contributed by atoms with Gasteiger partial charge in [0.05, 0.1) is 0 Å². The van der Waals surface area contributed by atoms with Gasteiger partial charge in [0.2, 0.25) is 0 Å². The molecule has 46 heavy (non-hydrogen) atoms. The van der Waals surface area contributed by atoms with Crippen LogP contribution >= 0.6 is 31.0 Å². The van der Waals surface area contributed by atoms with Crippen LogP contribution in [0.3, 0.4) is 0 Å². The maximum atomic E-state index is 7.78. The third-order valence-corrected chi connectivity index (χ3v) is 14.5. The molecule has 0 radical (unpaired) electrons. The predicted molar refractivity (Wildman–Crippen MR) is 198 cm³/mol. The molecule has 1 aliphatic rings. The zero-order valence-electron chi connectivity index (χ0n) is 28.0. The first kappa shape index (κ1) is 34.8. The molecule has 1 fully saturated rings. The second kappa shape index (κ2) is 14.3. The van der Waals surface area contributed by atoms with Crippen LogP contribution in [0.2, 0.25) is 5.02 Å². The third kappa shape index (κ3) is 7.60. The number of benzene rings is 4. The van der Waals surface area contributed by atoms with E-state index in [1.54, 1.807) is 0 Å². The van der Waals surface area contributed by atoms with Crippen molar-refractivity contribution in [2.24, 2.45) is 0 Å². The van der Waals surface area contributed by atoms with Crippen LogP contribution in [-0.2, 0) is 18.9 Å². The van der Waals surface area contributed by atoms with E-state index in [2.05, 4.69) is 91.6 Å². The zero-order chi connectivity index (χ0) is 33.3. The monoisotopic (exact) mass is 766 g/mol. The third-order valence-electron chi connectivity index (χ3n) is 8.24. The summed E-state index contributed by atoms with van der Waals surface area (Å²) in [6, 6.07) is 23.0. The zero-order valence-corrected chi connectivity index (χ0v) is 32.0. The second-order valence-corrected chi connectivity index (χ2v) is 22.8. The van der Waals surface area contributed by atoms with Crippen LogP contribution in [0.5, 0.6) is 5.75 Å². The average Bonchev–Trinajstić information content (AvgIpc) is 3.37. The molecule has 1 saturated heterocycles. The van der Waals surface area contributed by atoms with E-state index in [-0.39, 0.29) is 10.9 Å². The number of aryl methyl sites for hydroxylation is 6. The molecule has 4 nitrogen and oxygen atoms in total. The molecule has 0 atom stereocenters. The number of hydrogen-bond acceptors (Lipinski definition) is 4. The Morgan fingerprint density at radius 2 is 1.33 bits per heavy atom. The average molecular weight is 767 g/mol. The Bertz CT molecular complexity index is 1690. The van der Waals surface area contributed by atoms with E-state index in [0.29, 0.717) is 11.6 Å². The summed E-state index contributed by atoms with van der Waals surface area (Å²) in [7, 11) is 15.6. The van der Waals surface area contributed by atoms with Crippen molar-refractivity contribution in [1.82, 2.24) is 0 Å². The number of rotatable bonds is 9. The molecule has 0 aromatic heterocycles. The number of anilines is 3. The van der Waals surface area contributed by atoms with Crippen molar-refractivity contribution in [1.29, 1.82) is 0 Å². The molecule has 1 heterocycles. The molecule has 0 saturated carbocycles. The summed E-state index contributed by atoms with van der Waals surface area (Å²) in [5.74, 6) is 0.822. The first-order valence-electron chi connectivity index (χ1n) is 15.7. The Morgan fingerprint density at radius 1 is 0.804 bits per heavy atom. The van der Waals surface area contributed by atoms with E-state index >= 15 is 0 Å². The number of nitrogens with zero attached hydrogens (tertiary/aromatic N) is 2. The number of halogens is 3. The minimum absolute atomic E-state index is 0.0711. The van der Waals surface area contributed by atoms with Crippen LogP contribution in [0.25, 0.3) is 0 Å². The van der Waals surface area contributed by atoms with Crippen molar-refractivity contribution in [2.45, 2.75) is 72.8 Å². The molecule has 0 bridgehead atoms. The summed E-state index contributed by atoms with van der Waals surface area (Å²) in [4.78, 5) is 4.93. The summed E-state index contributed by atoms with van der Waals surface area (Å²) in [5, 5.41) is 4.23. The van der Waals surface area contributed by atoms with E-state index in [1.807, 2.05) is 50.2 Å². The van der Waals surface area contributed by atoms with Crippen LogP contribution in [-0.4, -0.2) is 28.6 Å². The molecular weight excluding hydrogens is 722 g/mol. The van der Waals surface area contributed by atoms with Gasteiger partial charge in [-0.05, 0) is 0 Å². The second-order valence-electron chi connectivity index (χ2n) is 12.6.